The van der Waals surface area contributed by atoms with E-state index in [1.54, 1.807) is 0 Å². The van der Waals surface area contributed by atoms with Gasteiger partial charge in [-0.25, -0.2) is 0 Å². The van der Waals surface area contributed by atoms with Crippen LogP contribution >= 0.6 is 0 Å². The molecule has 1 atom stereocenters. The Kier molecular flexibility index (Phi) is 7.44. The van der Waals surface area contributed by atoms with Crippen LogP contribution in [0.1, 0.15) is 93.4 Å². The highest BCUT2D eigenvalue weighted by molar-refractivity contribution is 4.75. The molecule has 0 radical (unpaired) electrons. The van der Waals surface area contributed by atoms with E-state index in [2.05, 4.69) is 48.5 Å². The van der Waals surface area contributed by atoms with E-state index in [-0.39, 0.29) is 0 Å². The first-order chi connectivity index (χ1) is 7.78. The van der Waals surface area contributed by atoms with Crippen LogP contribution in [-0.4, -0.2) is 0 Å². The number of hydrogen-bond donors (Lipinski definition) is 0. The minimum atomic E-state index is 0.540. The molecule has 0 aliphatic heterocycles. The average Bonchev–Trinajstić information content (AvgIpc) is 2.27. The van der Waals surface area contributed by atoms with Crippen LogP contribution in [0.15, 0.2) is 0 Å². The molecule has 0 nitrogen and oxygen atoms in total. The quantitative estimate of drug-likeness (QED) is 0.434. The fourth-order valence-electron chi connectivity index (χ4n) is 2.79. The highest BCUT2D eigenvalue weighted by atomic mass is 14.3. The molecular weight excluding hydrogens is 204 g/mol. The van der Waals surface area contributed by atoms with E-state index in [1.165, 1.54) is 44.9 Å². The maximum Gasteiger partial charge on any atom is -0.0331 e. The first-order valence-electron chi connectivity index (χ1n) is 7.78. The van der Waals surface area contributed by atoms with Crippen molar-refractivity contribution >= 4 is 0 Å². The van der Waals surface area contributed by atoms with Gasteiger partial charge in [0.1, 0.15) is 0 Å². The van der Waals surface area contributed by atoms with Crippen molar-refractivity contribution in [1.29, 1.82) is 0 Å². The lowest BCUT2D eigenvalue weighted by molar-refractivity contribution is 0.208. The summed E-state index contributed by atoms with van der Waals surface area (Å²) in [5.41, 5.74) is 1.13. The lowest BCUT2D eigenvalue weighted by Gasteiger charge is -2.31. The van der Waals surface area contributed by atoms with E-state index in [9.17, 15) is 0 Å². The summed E-state index contributed by atoms with van der Waals surface area (Å²) in [5.74, 6) is 0.883. The van der Waals surface area contributed by atoms with Crippen molar-refractivity contribution in [3.63, 3.8) is 0 Å². The van der Waals surface area contributed by atoms with Crippen LogP contribution in [-0.2, 0) is 0 Å². The molecule has 0 aromatic heterocycles. The number of rotatable bonds is 9. The van der Waals surface area contributed by atoms with Crippen molar-refractivity contribution in [3.8, 4) is 0 Å². The summed E-state index contributed by atoms with van der Waals surface area (Å²) in [6.45, 7) is 16.7. The zero-order chi connectivity index (χ0) is 13.5. The molecule has 0 aromatic carbocycles. The summed E-state index contributed by atoms with van der Waals surface area (Å²) >= 11 is 0. The molecule has 0 saturated heterocycles. The Morgan fingerprint density at radius 1 is 0.882 bits per heavy atom. The van der Waals surface area contributed by atoms with E-state index in [0.717, 1.165) is 5.92 Å². The van der Waals surface area contributed by atoms with Gasteiger partial charge in [0.05, 0.1) is 0 Å². The minimum Gasteiger partial charge on any atom is -0.0651 e. The van der Waals surface area contributed by atoms with Gasteiger partial charge < -0.3 is 0 Å². The van der Waals surface area contributed by atoms with Crippen LogP contribution in [0.5, 0.6) is 0 Å². The molecule has 0 heteroatoms. The average molecular weight is 240 g/mol. The summed E-state index contributed by atoms with van der Waals surface area (Å²) in [5, 5.41) is 0. The maximum atomic E-state index is 2.45. The van der Waals surface area contributed by atoms with Crippen molar-refractivity contribution in [2.75, 3.05) is 0 Å². The van der Waals surface area contributed by atoms with Crippen molar-refractivity contribution < 1.29 is 0 Å². The van der Waals surface area contributed by atoms with Crippen LogP contribution in [0.4, 0.5) is 0 Å². The summed E-state index contributed by atoms with van der Waals surface area (Å²) in [7, 11) is 0. The standard InChI is InChI=1S/C17H36/c1-8-15(4)14-16(5,6)12-11-13-17(7,9-2)10-3/h15H,8-14H2,1-7H3. The summed E-state index contributed by atoms with van der Waals surface area (Å²) < 4.78 is 0. The Balaban J connectivity index is 4.01. The third-order valence-corrected chi connectivity index (χ3v) is 4.94. The second-order valence-electron chi connectivity index (χ2n) is 7.25. The molecule has 0 bridgehead atoms. The van der Waals surface area contributed by atoms with E-state index in [4.69, 9.17) is 0 Å². The van der Waals surface area contributed by atoms with Gasteiger partial charge in [0, 0.05) is 0 Å². The third-order valence-electron chi connectivity index (χ3n) is 4.94. The topological polar surface area (TPSA) is 0 Å². The summed E-state index contributed by atoms with van der Waals surface area (Å²) in [6, 6.07) is 0. The molecule has 0 spiro atoms. The Bertz CT molecular complexity index is 186. The second-order valence-corrected chi connectivity index (χ2v) is 7.25. The van der Waals surface area contributed by atoms with Crippen LogP contribution in [0.3, 0.4) is 0 Å². The molecule has 1 unspecified atom stereocenters. The van der Waals surface area contributed by atoms with Gasteiger partial charge in [0.2, 0.25) is 0 Å². The van der Waals surface area contributed by atoms with Gasteiger partial charge in [-0.3, -0.25) is 0 Å². The SMILES string of the molecule is CCC(C)CC(C)(C)CCCC(C)(CC)CC. The maximum absolute atomic E-state index is 2.45. The molecule has 0 N–H and O–H groups in total. The lowest BCUT2D eigenvalue weighted by Crippen LogP contribution is -2.18. The minimum absolute atomic E-state index is 0.540. The molecule has 0 amide bonds. The predicted molar refractivity (Wildman–Crippen MR) is 80.4 cm³/mol. The largest absolute Gasteiger partial charge is 0.0651 e. The Morgan fingerprint density at radius 2 is 1.41 bits per heavy atom. The molecule has 0 rings (SSSR count). The van der Waals surface area contributed by atoms with Crippen LogP contribution in [0.2, 0.25) is 0 Å². The molecule has 0 aliphatic carbocycles. The van der Waals surface area contributed by atoms with Crippen LogP contribution < -0.4 is 0 Å². The van der Waals surface area contributed by atoms with Crippen LogP contribution in [0.25, 0.3) is 0 Å². The van der Waals surface area contributed by atoms with Crippen molar-refractivity contribution in [2.24, 2.45) is 16.7 Å². The Morgan fingerprint density at radius 3 is 1.82 bits per heavy atom. The van der Waals surface area contributed by atoms with E-state index in [1.807, 2.05) is 0 Å². The fraction of sp³-hybridized carbons (Fsp3) is 1.00. The van der Waals surface area contributed by atoms with Gasteiger partial charge in [-0.1, -0.05) is 74.1 Å². The zero-order valence-corrected chi connectivity index (χ0v) is 13.5. The monoisotopic (exact) mass is 240 g/mol. The van der Waals surface area contributed by atoms with Crippen molar-refractivity contribution in [2.45, 2.75) is 93.4 Å². The van der Waals surface area contributed by atoms with E-state index >= 15 is 0 Å². The first kappa shape index (κ1) is 17.0. The lowest BCUT2D eigenvalue weighted by atomic mass is 9.74. The Hall–Kier alpha value is 0. The van der Waals surface area contributed by atoms with Gasteiger partial charge in [-0.2, -0.15) is 0 Å². The van der Waals surface area contributed by atoms with Crippen molar-refractivity contribution in [1.82, 2.24) is 0 Å². The number of hydrogen-bond acceptors (Lipinski definition) is 0. The molecule has 0 fully saturated rings. The van der Waals surface area contributed by atoms with Gasteiger partial charge in [-0.05, 0) is 36.0 Å². The smallest absolute Gasteiger partial charge is 0.0331 e. The summed E-state index contributed by atoms with van der Waals surface area (Å²) in [4.78, 5) is 0. The van der Waals surface area contributed by atoms with Gasteiger partial charge in [-0.15, -0.1) is 0 Å². The van der Waals surface area contributed by atoms with E-state index < -0.39 is 0 Å². The fourth-order valence-corrected chi connectivity index (χ4v) is 2.79. The van der Waals surface area contributed by atoms with Crippen LogP contribution in [0, 0.1) is 16.7 Å². The normalized spacial score (nSPS) is 15.0. The highest BCUT2D eigenvalue weighted by Gasteiger charge is 2.23. The molecular formula is C17H36. The van der Waals surface area contributed by atoms with Gasteiger partial charge >= 0.3 is 0 Å². The molecule has 0 aromatic rings. The molecule has 0 aliphatic rings. The first-order valence-corrected chi connectivity index (χ1v) is 7.78. The third kappa shape index (κ3) is 7.11. The van der Waals surface area contributed by atoms with Gasteiger partial charge in [0.25, 0.3) is 0 Å². The zero-order valence-electron chi connectivity index (χ0n) is 13.5. The van der Waals surface area contributed by atoms with Crippen molar-refractivity contribution in [3.05, 3.63) is 0 Å². The molecule has 17 heavy (non-hydrogen) atoms. The van der Waals surface area contributed by atoms with Gasteiger partial charge in [0.15, 0.2) is 0 Å². The van der Waals surface area contributed by atoms with E-state index in [0.29, 0.717) is 10.8 Å². The predicted octanol–water partition coefficient (Wildman–Crippen LogP) is 6.45. The Labute approximate surface area is 111 Å². The second kappa shape index (κ2) is 7.44. The summed E-state index contributed by atoms with van der Waals surface area (Å²) in [6.07, 6.45) is 9.58. The molecule has 104 valence electrons. The highest BCUT2D eigenvalue weighted by Crippen LogP contribution is 2.37. The molecule has 0 saturated carbocycles. The molecule has 0 heterocycles.